The Morgan fingerprint density at radius 3 is 2.03 bits per heavy atom. The van der Waals surface area contributed by atoms with Gasteiger partial charge in [-0.2, -0.15) is 13.2 Å². The molecule has 2 rings (SSSR count). The van der Waals surface area contributed by atoms with Gasteiger partial charge in [-0.3, -0.25) is 24.1 Å². The molecule has 0 saturated carbocycles. The van der Waals surface area contributed by atoms with Gasteiger partial charge >= 0.3 is 12.1 Å². The molecule has 0 aliphatic carbocycles. The van der Waals surface area contributed by atoms with Crippen LogP contribution in [0.4, 0.5) is 13.2 Å². The van der Waals surface area contributed by atoms with Crippen molar-refractivity contribution in [1.29, 1.82) is 0 Å². The van der Waals surface area contributed by atoms with Crippen molar-refractivity contribution in [2.45, 2.75) is 19.3 Å². The third kappa shape index (κ3) is 7.59. The Morgan fingerprint density at radius 2 is 1.51 bits per heavy atom. The highest BCUT2D eigenvalue weighted by Gasteiger charge is 2.31. The molecule has 0 unspecified atom stereocenters. The van der Waals surface area contributed by atoms with Gasteiger partial charge in [0, 0.05) is 13.6 Å². The molecule has 0 heterocycles. The van der Waals surface area contributed by atoms with E-state index in [9.17, 15) is 37.5 Å². The highest BCUT2D eigenvalue weighted by molar-refractivity contribution is 6.20. The quantitative estimate of drug-likeness (QED) is 0.152. The standard InChI is InChI=1S/C23H22F3N3O6/c1-28(12-16-7-9-17(10-8-16)23(24,25)26)21(34)19(20(33)27-11-18(31)32)22(35)29(14-30)13-15-5-3-2-4-6-15/h2-10,14,34H,11-13H2,1H3,(H,27,33)(H,31,32)/b21-19+. The molecule has 12 heteroatoms. The molecular formula is C23H22F3N3O6. The first kappa shape index (κ1) is 26.9. The highest BCUT2D eigenvalue weighted by Crippen LogP contribution is 2.29. The summed E-state index contributed by atoms with van der Waals surface area (Å²) in [6.45, 7) is -1.33. The summed E-state index contributed by atoms with van der Waals surface area (Å²) >= 11 is 0. The fourth-order valence-corrected chi connectivity index (χ4v) is 2.96. The molecule has 0 spiro atoms. The fraction of sp³-hybridized carbons (Fsp3) is 0.217. The van der Waals surface area contributed by atoms with E-state index >= 15 is 0 Å². The number of carboxylic acids is 1. The SMILES string of the molecule is CN(Cc1ccc(C(F)(F)F)cc1)/C(O)=C(/C(=O)NCC(=O)O)C(=O)N(C=O)Cc1ccccc1. The van der Waals surface area contributed by atoms with E-state index in [0.29, 0.717) is 16.0 Å². The molecule has 186 valence electrons. The molecule has 3 N–H and O–H groups in total. The zero-order valence-corrected chi connectivity index (χ0v) is 18.5. The molecule has 2 aromatic carbocycles. The summed E-state index contributed by atoms with van der Waals surface area (Å²) < 4.78 is 38.3. The largest absolute Gasteiger partial charge is 0.494 e. The number of imide groups is 1. The molecule has 0 saturated heterocycles. The molecule has 0 radical (unpaired) electrons. The Bertz CT molecular complexity index is 1100. The number of carbonyl (C=O) groups excluding carboxylic acids is 3. The van der Waals surface area contributed by atoms with Crippen LogP contribution in [0.5, 0.6) is 0 Å². The van der Waals surface area contributed by atoms with E-state index in [0.717, 1.165) is 29.2 Å². The molecule has 35 heavy (non-hydrogen) atoms. The summed E-state index contributed by atoms with van der Waals surface area (Å²) in [6, 6.07) is 12.3. The molecular weight excluding hydrogens is 471 g/mol. The second-order valence-electron chi connectivity index (χ2n) is 7.35. The van der Waals surface area contributed by atoms with Gasteiger partial charge in [0.25, 0.3) is 11.8 Å². The van der Waals surface area contributed by atoms with Crippen molar-refractivity contribution in [2.24, 2.45) is 0 Å². The number of benzene rings is 2. The van der Waals surface area contributed by atoms with Crippen molar-refractivity contribution in [1.82, 2.24) is 15.1 Å². The number of amides is 3. The third-order valence-electron chi connectivity index (χ3n) is 4.71. The van der Waals surface area contributed by atoms with E-state index in [-0.39, 0.29) is 19.5 Å². The molecule has 0 aliphatic heterocycles. The van der Waals surface area contributed by atoms with Crippen LogP contribution in [0, 0.1) is 0 Å². The van der Waals surface area contributed by atoms with Crippen molar-refractivity contribution in [3.63, 3.8) is 0 Å². The van der Waals surface area contributed by atoms with Gasteiger partial charge in [0.15, 0.2) is 5.57 Å². The lowest BCUT2D eigenvalue weighted by Crippen LogP contribution is -2.41. The first-order valence-corrected chi connectivity index (χ1v) is 10.0. The number of carbonyl (C=O) groups is 4. The zero-order valence-electron chi connectivity index (χ0n) is 18.5. The smallest absolute Gasteiger partial charge is 0.416 e. The summed E-state index contributed by atoms with van der Waals surface area (Å²) in [5.41, 5.74) is -0.948. The summed E-state index contributed by atoms with van der Waals surface area (Å²) in [4.78, 5) is 49.7. The van der Waals surface area contributed by atoms with Crippen LogP contribution in [-0.4, -0.2) is 57.8 Å². The minimum Gasteiger partial charge on any atom is -0.494 e. The maximum atomic E-state index is 13.0. The molecule has 0 fully saturated rings. The summed E-state index contributed by atoms with van der Waals surface area (Å²) in [7, 11) is 1.26. The number of halogens is 3. The molecule has 3 amide bonds. The van der Waals surface area contributed by atoms with Gasteiger partial charge in [-0.15, -0.1) is 0 Å². The van der Waals surface area contributed by atoms with E-state index in [2.05, 4.69) is 0 Å². The van der Waals surface area contributed by atoms with E-state index in [4.69, 9.17) is 5.11 Å². The number of nitrogens with one attached hydrogen (secondary N) is 1. The molecule has 9 nitrogen and oxygen atoms in total. The second-order valence-corrected chi connectivity index (χ2v) is 7.35. The number of hydrogen-bond donors (Lipinski definition) is 3. The van der Waals surface area contributed by atoms with Gasteiger partial charge in [0.1, 0.15) is 6.54 Å². The molecule has 0 aliphatic rings. The average molecular weight is 493 g/mol. The van der Waals surface area contributed by atoms with Gasteiger partial charge in [0.2, 0.25) is 12.3 Å². The Kier molecular flexibility index (Phi) is 8.98. The Labute approximate surface area is 198 Å². The third-order valence-corrected chi connectivity index (χ3v) is 4.71. The van der Waals surface area contributed by atoms with Crippen LogP contribution in [0.1, 0.15) is 16.7 Å². The van der Waals surface area contributed by atoms with E-state index in [1.54, 1.807) is 30.3 Å². The normalized spacial score (nSPS) is 11.8. The van der Waals surface area contributed by atoms with Crippen LogP contribution in [0.25, 0.3) is 0 Å². The molecule has 0 aromatic heterocycles. The van der Waals surface area contributed by atoms with Crippen molar-refractivity contribution in [2.75, 3.05) is 13.6 Å². The minimum absolute atomic E-state index is 0.156. The van der Waals surface area contributed by atoms with Crippen LogP contribution in [0.2, 0.25) is 0 Å². The number of alkyl halides is 3. The van der Waals surface area contributed by atoms with Crippen LogP contribution in [0.3, 0.4) is 0 Å². The summed E-state index contributed by atoms with van der Waals surface area (Å²) in [5, 5.41) is 21.5. The van der Waals surface area contributed by atoms with Crippen LogP contribution >= 0.6 is 0 Å². The van der Waals surface area contributed by atoms with Gasteiger partial charge in [-0.05, 0) is 23.3 Å². The van der Waals surface area contributed by atoms with Crippen LogP contribution in [0.15, 0.2) is 66.1 Å². The lowest BCUT2D eigenvalue weighted by atomic mass is 10.1. The Hall–Kier alpha value is -4.35. The van der Waals surface area contributed by atoms with E-state index in [1.165, 1.54) is 7.05 Å². The van der Waals surface area contributed by atoms with Crippen LogP contribution in [-0.2, 0) is 38.4 Å². The Morgan fingerprint density at radius 1 is 0.943 bits per heavy atom. The Balaban J connectivity index is 2.36. The maximum absolute atomic E-state index is 13.0. The molecule has 0 atom stereocenters. The van der Waals surface area contributed by atoms with E-state index < -0.39 is 47.5 Å². The highest BCUT2D eigenvalue weighted by atomic mass is 19.4. The topological polar surface area (TPSA) is 127 Å². The lowest BCUT2D eigenvalue weighted by Gasteiger charge is -2.23. The molecule has 2 aromatic rings. The monoisotopic (exact) mass is 493 g/mol. The number of aliphatic hydroxyl groups is 1. The minimum atomic E-state index is -4.54. The summed E-state index contributed by atoms with van der Waals surface area (Å²) in [6.07, 6.45) is -4.38. The van der Waals surface area contributed by atoms with E-state index in [1.807, 2.05) is 5.32 Å². The number of aliphatic carboxylic acids is 1. The predicted octanol–water partition coefficient (Wildman–Crippen LogP) is 2.29. The predicted molar refractivity (Wildman–Crippen MR) is 116 cm³/mol. The van der Waals surface area contributed by atoms with Crippen molar-refractivity contribution >= 4 is 24.2 Å². The number of carboxylic acid groups (broad SMARTS) is 1. The second kappa shape index (κ2) is 11.7. The van der Waals surface area contributed by atoms with Crippen molar-refractivity contribution in [3.05, 3.63) is 82.7 Å². The maximum Gasteiger partial charge on any atom is 0.416 e. The fourth-order valence-electron chi connectivity index (χ4n) is 2.96. The molecule has 0 bridgehead atoms. The zero-order chi connectivity index (χ0) is 26.2. The van der Waals surface area contributed by atoms with Crippen molar-refractivity contribution < 1.29 is 42.6 Å². The number of aliphatic hydroxyl groups excluding tert-OH is 1. The van der Waals surface area contributed by atoms with Gasteiger partial charge in [0.05, 0.1) is 12.1 Å². The van der Waals surface area contributed by atoms with Crippen molar-refractivity contribution in [3.8, 4) is 0 Å². The lowest BCUT2D eigenvalue weighted by molar-refractivity contribution is -0.140. The number of rotatable bonds is 10. The van der Waals surface area contributed by atoms with Gasteiger partial charge in [-0.1, -0.05) is 42.5 Å². The van der Waals surface area contributed by atoms with Gasteiger partial charge in [-0.25, -0.2) is 0 Å². The average Bonchev–Trinajstić information content (AvgIpc) is 2.81. The summed E-state index contributed by atoms with van der Waals surface area (Å²) in [5.74, 6) is -4.78. The van der Waals surface area contributed by atoms with Crippen LogP contribution < -0.4 is 5.32 Å². The number of nitrogens with zero attached hydrogens (tertiary/aromatic N) is 2. The first-order valence-electron chi connectivity index (χ1n) is 10.0. The van der Waals surface area contributed by atoms with Gasteiger partial charge < -0.3 is 20.4 Å². The number of hydrogen-bond acceptors (Lipinski definition) is 6. The first-order chi connectivity index (χ1) is 16.4.